The number of hydrogen-bond acceptors (Lipinski definition) is 1. The lowest BCUT2D eigenvalue weighted by molar-refractivity contribution is -0.488. The molecule has 0 radical (unpaired) electrons. The van der Waals surface area contributed by atoms with Crippen LogP contribution in [0, 0.1) is 0 Å². The highest BCUT2D eigenvalue weighted by molar-refractivity contribution is 5.72. The van der Waals surface area contributed by atoms with Crippen molar-refractivity contribution in [2.75, 3.05) is 0 Å². The number of nitrogens with two attached hydrogens (primary N) is 2. The molecule has 0 spiro atoms. The van der Waals surface area contributed by atoms with Crippen molar-refractivity contribution < 1.29 is 4.58 Å². The second kappa shape index (κ2) is 5.55. The summed E-state index contributed by atoms with van der Waals surface area (Å²) in [6.07, 6.45) is 7.45. The van der Waals surface area contributed by atoms with Crippen molar-refractivity contribution in [2.45, 2.75) is 26.9 Å². The average molecular weight is 168 g/mol. The Morgan fingerprint density at radius 1 is 1.33 bits per heavy atom. The quantitative estimate of drug-likeness (QED) is 0.414. The zero-order chi connectivity index (χ0) is 9.56. The summed E-state index contributed by atoms with van der Waals surface area (Å²) >= 11 is 0. The van der Waals surface area contributed by atoms with Crippen LogP contribution in [0.15, 0.2) is 24.4 Å². The molecule has 1 aliphatic rings. The van der Waals surface area contributed by atoms with Crippen LogP contribution in [-0.2, 0) is 0 Å². The Kier molecular flexibility index (Phi) is 5.04. The Morgan fingerprint density at radius 3 is 2.25 bits per heavy atom. The van der Waals surface area contributed by atoms with E-state index in [1.165, 1.54) is 0 Å². The zero-order valence-corrected chi connectivity index (χ0v) is 7.99. The topological polar surface area (TPSA) is 55.0 Å². The third-order valence-electron chi connectivity index (χ3n) is 1.39. The van der Waals surface area contributed by atoms with E-state index in [0.717, 1.165) is 0 Å². The predicted molar refractivity (Wildman–Crippen MR) is 52.7 cm³/mol. The molecule has 1 unspecified atom stereocenters. The first-order chi connectivity index (χ1) is 5.72. The average Bonchev–Trinajstić information content (AvgIpc) is 2.08. The first kappa shape index (κ1) is 10.9. The van der Waals surface area contributed by atoms with E-state index in [0.29, 0.717) is 5.84 Å². The van der Waals surface area contributed by atoms with Gasteiger partial charge in [0.25, 0.3) is 0 Å². The van der Waals surface area contributed by atoms with E-state index >= 15 is 0 Å². The first-order valence-corrected chi connectivity index (χ1v) is 4.20. The standard InChI is InChI=1S/C7H11N3.C2H6/c1-6(8)10-5-3-2-4-7(10)9;1-2/h2-5,7-8H,9H2,1H3;1-2H3/p+1. The summed E-state index contributed by atoms with van der Waals surface area (Å²) in [5.41, 5.74) is 11.2. The van der Waals surface area contributed by atoms with Crippen LogP contribution in [-0.4, -0.2) is 16.6 Å². The SMILES string of the molecule is C/C(N)=[N+]1\C=CC=CC1N.CC. The van der Waals surface area contributed by atoms with Gasteiger partial charge in [0.1, 0.15) is 0 Å². The molecule has 1 aliphatic heterocycles. The fourth-order valence-electron chi connectivity index (χ4n) is 0.865. The summed E-state index contributed by atoms with van der Waals surface area (Å²) in [5.74, 6) is 0.716. The van der Waals surface area contributed by atoms with Gasteiger partial charge in [-0.3, -0.25) is 11.5 Å². The molecular formula is C9H18N3+. The highest BCUT2D eigenvalue weighted by atomic mass is 15.1. The molecule has 1 atom stereocenters. The second-order valence-corrected chi connectivity index (χ2v) is 2.27. The van der Waals surface area contributed by atoms with E-state index in [9.17, 15) is 0 Å². The summed E-state index contributed by atoms with van der Waals surface area (Å²) in [7, 11) is 0. The third kappa shape index (κ3) is 2.88. The van der Waals surface area contributed by atoms with Gasteiger partial charge in [-0.05, 0) is 12.2 Å². The number of amidine groups is 1. The summed E-state index contributed by atoms with van der Waals surface area (Å²) in [5, 5.41) is 0. The molecular weight excluding hydrogens is 150 g/mol. The van der Waals surface area contributed by atoms with Crippen LogP contribution in [0.4, 0.5) is 0 Å². The van der Waals surface area contributed by atoms with Crippen LogP contribution < -0.4 is 11.5 Å². The fraction of sp³-hybridized carbons (Fsp3) is 0.444. The molecule has 1 heterocycles. The van der Waals surface area contributed by atoms with Crippen molar-refractivity contribution in [1.29, 1.82) is 0 Å². The smallest absolute Gasteiger partial charge is 0.245 e. The Bertz CT molecular complexity index is 210. The molecule has 0 saturated heterocycles. The van der Waals surface area contributed by atoms with E-state index in [1.54, 1.807) is 4.58 Å². The Hall–Kier alpha value is -1.09. The Balaban J connectivity index is 0.000000561. The minimum Gasteiger partial charge on any atom is -0.291 e. The molecule has 0 aromatic heterocycles. The summed E-state index contributed by atoms with van der Waals surface area (Å²) < 4.78 is 1.81. The molecule has 0 aliphatic carbocycles. The highest BCUT2D eigenvalue weighted by Gasteiger charge is 2.09. The van der Waals surface area contributed by atoms with E-state index in [4.69, 9.17) is 11.5 Å². The number of nitrogens with zero attached hydrogens (tertiary/aromatic N) is 1. The summed E-state index contributed by atoms with van der Waals surface area (Å²) in [6.45, 7) is 5.82. The number of rotatable bonds is 0. The van der Waals surface area contributed by atoms with Gasteiger partial charge in [-0.2, -0.15) is 0 Å². The van der Waals surface area contributed by atoms with Gasteiger partial charge >= 0.3 is 0 Å². The van der Waals surface area contributed by atoms with E-state index < -0.39 is 0 Å². The van der Waals surface area contributed by atoms with Crippen LogP contribution in [0.2, 0.25) is 0 Å². The fourth-order valence-corrected chi connectivity index (χ4v) is 0.865. The molecule has 0 amide bonds. The predicted octanol–water partition coefficient (Wildman–Crippen LogP) is 0.770. The lowest BCUT2D eigenvalue weighted by Gasteiger charge is -2.10. The lowest BCUT2D eigenvalue weighted by atomic mass is 10.3. The van der Waals surface area contributed by atoms with Crippen molar-refractivity contribution >= 4 is 5.84 Å². The van der Waals surface area contributed by atoms with Crippen LogP contribution >= 0.6 is 0 Å². The van der Waals surface area contributed by atoms with Gasteiger partial charge in [0.15, 0.2) is 6.17 Å². The van der Waals surface area contributed by atoms with E-state index in [1.807, 2.05) is 45.2 Å². The van der Waals surface area contributed by atoms with E-state index in [2.05, 4.69) is 0 Å². The van der Waals surface area contributed by atoms with Crippen molar-refractivity contribution in [3.8, 4) is 0 Å². The third-order valence-corrected chi connectivity index (χ3v) is 1.39. The molecule has 0 aromatic carbocycles. The molecule has 4 N–H and O–H groups in total. The van der Waals surface area contributed by atoms with Crippen LogP contribution in [0.1, 0.15) is 20.8 Å². The van der Waals surface area contributed by atoms with Gasteiger partial charge in [-0.15, -0.1) is 0 Å². The highest BCUT2D eigenvalue weighted by Crippen LogP contribution is 1.95. The minimum absolute atomic E-state index is 0.102. The molecule has 3 heteroatoms. The summed E-state index contributed by atoms with van der Waals surface area (Å²) in [6, 6.07) is 0. The molecule has 0 saturated carbocycles. The molecule has 0 fully saturated rings. The second-order valence-electron chi connectivity index (χ2n) is 2.27. The Morgan fingerprint density at radius 2 is 1.92 bits per heavy atom. The van der Waals surface area contributed by atoms with Crippen molar-refractivity contribution in [2.24, 2.45) is 11.5 Å². The van der Waals surface area contributed by atoms with E-state index in [-0.39, 0.29) is 6.17 Å². The van der Waals surface area contributed by atoms with Gasteiger partial charge in [0, 0.05) is 6.92 Å². The molecule has 1 rings (SSSR count). The number of hydrogen-bond donors (Lipinski definition) is 2. The van der Waals surface area contributed by atoms with Crippen LogP contribution in [0.3, 0.4) is 0 Å². The van der Waals surface area contributed by atoms with Gasteiger partial charge in [-0.1, -0.05) is 19.9 Å². The van der Waals surface area contributed by atoms with Gasteiger partial charge < -0.3 is 0 Å². The van der Waals surface area contributed by atoms with Gasteiger partial charge in [0.05, 0.1) is 6.20 Å². The zero-order valence-electron chi connectivity index (χ0n) is 7.99. The number of allylic oxidation sites excluding steroid dienone is 2. The molecule has 12 heavy (non-hydrogen) atoms. The molecule has 3 nitrogen and oxygen atoms in total. The van der Waals surface area contributed by atoms with Gasteiger partial charge in [0.2, 0.25) is 5.84 Å². The monoisotopic (exact) mass is 168 g/mol. The van der Waals surface area contributed by atoms with Crippen LogP contribution in [0.25, 0.3) is 0 Å². The summed E-state index contributed by atoms with van der Waals surface area (Å²) in [4.78, 5) is 0. The largest absolute Gasteiger partial charge is 0.291 e. The maximum Gasteiger partial charge on any atom is 0.245 e. The molecule has 68 valence electrons. The normalized spacial score (nSPS) is 24.5. The first-order valence-electron chi connectivity index (χ1n) is 4.20. The van der Waals surface area contributed by atoms with Crippen molar-refractivity contribution in [3.63, 3.8) is 0 Å². The lowest BCUT2D eigenvalue weighted by Crippen LogP contribution is -2.36. The molecule has 0 bridgehead atoms. The van der Waals surface area contributed by atoms with Crippen molar-refractivity contribution in [3.05, 3.63) is 24.4 Å². The van der Waals surface area contributed by atoms with Crippen LogP contribution in [0.5, 0.6) is 0 Å². The maximum absolute atomic E-state index is 5.67. The Labute approximate surface area is 74.1 Å². The van der Waals surface area contributed by atoms with Gasteiger partial charge in [-0.25, -0.2) is 4.58 Å². The molecule has 0 aromatic rings. The maximum atomic E-state index is 5.67. The van der Waals surface area contributed by atoms with Crippen molar-refractivity contribution in [1.82, 2.24) is 0 Å². The minimum atomic E-state index is -0.102.